The van der Waals surface area contributed by atoms with Crippen molar-refractivity contribution in [1.82, 2.24) is 4.90 Å². The molecule has 0 radical (unpaired) electrons. The van der Waals surface area contributed by atoms with Crippen LogP contribution in [0.15, 0.2) is 17.5 Å². The third-order valence-electron chi connectivity index (χ3n) is 3.18. The van der Waals surface area contributed by atoms with Crippen LogP contribution >= 0.6 is 11.3 Å². The van der Waals surface area contributed by atoms with Crippen molar-refractivity contribution in [2.75, 3.05) is 26.8 Å². The Bertz CT molecular complexity index is 334. The van der Waals surface area contributed by atoms with Crippen LogP contribution in [0.25, 0.3) is 0 Å². The van der Waals surface area contributed by atoms with Gasteiger partial charge in [0.15, 0.2) is 5.78 Å². The Hall–Kier alpha value is -0.710. The molecular formula is C14H23NO2S. The van der Waals surface area contributed by atoms with Gasteiger partial charge in [-0.25, -0.2) is 0 Å². The highest BCUT2D eigenvalue weighted by Crippen LogP contribution is 2.13. The number of ketones is 1. The van der Waals surface area contributed by atoms with Gasteiger partial charge in [-0.2, -0.15) is 0 Å². The first-order valence-electron chi connectivity index (χ1n) is 6.52. The number of carbonyl (C=O) groups is 1. The molecule has 3 nitrogen and oxygen atoms in total. The van der Waals surface area contributed by atoms with Crippen molar-refractivity contribution in [3.8, 4) is 0 Å². The number of ether oxygens (including phenoxy) is 1. The quantitative estimate of drug-likeness (QED) is 0.645. The molecule has 1 aromatic rings. The summed E-state index contributed by atoms with van der Waals surface area (Å²) in [5, 5.41) is 1.95. The van der Waals surface area contributed by atoms with Gasteiger partial charge in [-0.05, 0) is 24.3 Å². The van der Waals surface area contributed by atoms with Crippen molar-refractivity contribution < 1.29 is 9.53 Å². The molecule has 0 fully saturated rings. The van der Waals surface area contributed by atoms with E-state index in [0.29, 0.717) is 19.2 Å². The van der Waals surface area contributed by atoms with Gasteiger partial charge in [0.05, 0.1) is 18.0 Å². The molecule has 0 aliphatic rings. The molecule has 0 aromatic carbocycles. The Labute approximate surface area is 114 Å². The highest BCUT2D eigenvalue weighted by Gasteiger charge is 2.19. The summed E-state index contributed by atoms with van der Waals surface area (Å²) >= 11 is 1.52. The van der Waals surface area contributed by atoms with Gasteiger partial charge in [-0.1, -0.05) is 19.9 Å². The van der Waals surface area contributed by atoms with Gasteiger partial charge < -0.3 is 4.74 Å². The van der Waals surface area contributed by atoms with Gasteiger partial charge >= 0.3 is 0 Å². The molecule has 0 N–H and O–H groups in total. The maximum atomic E-state index is 12.1. The zero-order chi connectivity index (χ0) is 13.4. The van der Waals surface area contributed by atoms with E-state index < -0.39 is 0 Å². The van der Waals surface area contributed by atoms with Crippen LogP contribution in [0, 0.1) is 0 Å². The molecule has 0 atom stereocenters. The number of nitrogens with zero attached hydrogens (tertiary/aromatic N) is 1. The molecule has 0 spiro atoms. The van der Waals surface area contributed by atoms with Crippen LogP contribution in [-0.2, 0) is 4.74 Å². The standard InChI is InChI=1S/C14H23NO2S/c1-4-12(5-2)15(8-9-17-3)11-13(16)14-7-6-10-18-14/h6-7,10,12H,4-5,8-9,11H2,1-3H3. The van der Waals surface area contributed by atoms with Gasteiger partial charge in [0, 0.05) is 19.7 Å². The summed E-state index contributed by atoms with van der Waals surface area (Å²) in [7, 11) is 1.70. The summed E-state index contributed by atoms with van der Waals surface area (Å²) < 4.78 is 5.13. The van der Waals surface area contributed by atoms with Crippen LogP contribution in [0.4, 0.5) is 0 Å². The van der Waals surface area contributed by atoms with E-state index in [9.17, 15) is 4.79 Å². The van der Waals surface area contributed by atoms with E-state index >= 15 is 0 Å². The van der Waals surface area contributed by atoms with E-state index in [1.807, 2.05) is 17.5 Å². The lowest BCUT2D eigenvalue weighted by Crippen LogP contribution is -2.40. The molecule has 0 saturated carbocycles. The monoisotopic (exact) mass is 269 g/mol. The van der Waals surface area contributed by atoms with E-state index in [0.717, 1.165) is 24.3 Å². The van der Waals surface area contributed by atoms with Crippen molar-refractivity contribution in [2.24, 2.45) is 0 Å². The van der Waals surface area contributed by atoms with Crippen LogP contribution in [0.3, 0.4) is 0 Å². The molecule has 0 aliphatic heterocycles. The fourth-order valence-corrected chi connectivity index (χ4v) is 2.76. The number of thiophene rings is 1. The molecule has 1 rings (SSSR count). The van der Waals surface area contributed by atoms with Crippen LogP contribution in [0.1, 0.15) is 36.4 Å². The molecular weight excluding hydrogens is 246 g/mol. The Morgan fingerprint density at radius 1 is 1.44 bits per heavy atom. The molecule has 1 aromatic heterocycles. The summed E-state index contributed by atoms with van der Waals surface area (Å²) in [5.41, 5.74) is 0. The summed E-state index contributed by atoms with van der Waals surface area (Å²) in [4.78, 5) is 15.2. The van der Waals surface area contributed by atoms with E-state index in [-0.39, 0.29) is 5.78 Å². The highest BCUT2D eigenvalue weighted by molar-refractivity contribution is 7.12. The minimum absolute atomic E-state index is 0.216. The van der Waals surface area contributed by atoms with Crippen molar-refractivity contribution in [2.45, 2.75) is 32.7 Å². The van der Waals surface area contributed by atoms with Crippen molar-refractivity contribution in [1.29, 1.82) is 0 Å². The predicted octanol–water partition coefficient (Wildman–Crippen LogP) is 3.07. The number of Topliss-reactive ketones (excluding diaryl/α,β-unsaturated/α-hetero) is 1. The average molecular weight is 269 g/mol. The lowest BCUT2D eigenvalue weighted by molar-refractivity contribution is 0.0815. The Kier molecular flexibility index (Phi) is 7.16. The third kappa shape index (κ3) is 4.52. The Morgan fingerprint density at radius 3 is 2.67 bits per heavy atom. The van der Waals surface area contributed by atoms with E-state index in [2.05, 4.69) is 18.7 Å². The summed E-state index contributed by atoms with van der Waals surface area (Å²) in [6.45, 7) is 6.33. The normalized spacial score (nSPS) is 11.4. The van der Waals surface area contributed by atoms with Crippen molar-refractivity contribution in [3.63, 3.8) is 0 Å². The van der Waals surface area contributed by atoms with Gasteiger partial charge in [0.25, 0.3) is 0 Å². The molecule has 102 valence electrons. The minimum Gasteiger partial charge on any atom is -0.383 e. The number of carbonyl (C=O) groups excluding carboxylic acids is 1. The minimum atomic E-state index is 0.216. The first kappa shape index (κ1) is 15.3. The lowest BCUT2D eigenvalue weighted by Gasteiger charge is -2.29. The molecule has 0 bridgehead atoms. The van der Waals surface area contributed by atoms with Gasteiger partial charge in [-0.3, -0.25) is 9.69 Å². The topological polar surface area (TPSA) is 29.5 Å². The van der Waals surface area contributed by atoms with E-state index in [1.165, 1.54) is 11.3 Å². The smallest absolute Gasteiger partial charge is 0.186 e. The molecule has 0 unspecified atom stereocenters. The fraction of sp³-hybridized carbons (Fsp3) is 0.643. The molecule has 4 heteroatoms. The Morgan fingerprint density at radius 2 is 2.17 bits per heavy atom. The fourth-order valence-electron chi connectivity index (χ4n) is 2.10. The molecule has 0 amide bonds. The number of rotatable bonds is 9. The van der Waals surface area contributed by atoms with Crippen LogP contribution in [0.5, 0.6) is 0 Å². The SMILES string of the molecule is CCC(CC)N(CCOC)CC(=O)c1cccs1. The van der Waals surface area contributed by atoms with Gasteiger partial charge in [0.1, 0.15) is 0 Å². The van der Waals surface area contributed by atoms with Crippen LogP contribution < -0.4 is 0 Å². The molecule has 1 heterocycles. The zero-order valence-corrected chi connectivity index (χ0v) is 12.3. The maximum Gasteiger partial charge on any atom is 0.186 e. The second-order valence-corrected chi connectivity index (χ2v) is 5.28. The van der Waals surface area contributed by atoms with E-state index in [1.54, 1.807) is 7.11 Å². The number of methoxy groups -OCH3 is 1. The summed E-state index contributed by atoms with van der Waals surface area (Å²) in [6, 6.07) is 4.28. The van der Waals surface area contributed by atoms with Gasteiger partial charge in [-0.15, -0.1) is 11.3 Å². The average Bonchev–Trinajstić information content (AvgIpc) is 2.90. The zero-order valence-electron chi connectivity index (χ0n) is 11.5. The second kappa shape index (κ2) is 8.40. The lowest BCUT2D eigenvalue weighted by atomic mass is 10.1. The first-order valence-corrected chi connectivity index (χ1v) is 7.40. The predicted molar refractivity (Wildman–Crippen MR) is 76.5 cm³/mol. The van der Waals surface area contributed by atoms with Crippen LogP contribution in [0.2, 0.25) is 0 Å². The maximum absolute atomic E-state index is 12.1. The second-order valence-electron chi connectivity index (χ2n) is 4.33. The summed E-state index contributed by atoms with van der Waals surface area (Å²) in [6.07, 6.45) is 2.13. The van der Waals surface area contributed by atoms with E-state index in [4.69, 9.17) is 4.74 Å². The largest absolute Gasteiger partial charge is 0.383 e. The number of hydrogen-bond acceptors (Lipinski definition) is 4. The van der Waals surface area contributed by atoms with Gasteiger partial charge in [0.2, 0.25) is 0 Å². The third-order valence-corrected chi connectivity index (χ3v) is 4.10. The van der Waals surface area contributed by atoms with Crippen molar-refractivity contribution in [3.05, 3.63) is 22.4 Å². The molecule has 0 saturated heterocycles. The molecule has 18 heavy (non-hydrogen) atoms. The summed E-state index contributed by atoms with van der Waals surface area (Å²) in [5.74, 6) is 0.216. The molecule has 0 aliphatic carbocycles. The Balaban J connectivity index is 2.62. The van der Waals surface area contributed by atoms with Crippen LogP contribution in [-0.4, -0.2) is 43.5 Å². The highest BCUT2D eigenvalue weighted by atomic mass is 32.1. The number of hydrogen-bond donors (Lipinski definition) is 0. The first-order chi connectivity index (χ1) is 8.72. The van der Waals surface area contributed by atoms with Crippen molar-refractivity contribution >= 4 is 17.1 Å².